The number of nitrogens with two attached hydrogens (primary N) is 1. The molecule has 0 saturated carbocycles. The molecule has 0 aromatic heterocycles. The van der Waals surface area contributed by atoms with Gasteiger partial charge in [0, 0.05) is 12.5 Å². The maximum atomic E-state index is 12.2. The standard InChI is InChI=1S/C16H31NO2/c1-3-4-5-6-7-8-9-10-11-15(18)16(2)13-19-12-14(16)17/h14H,3-13,17H2,1-2H3. The molecule has 1 rings (SSSR count). The summed E-state index contributed by atoms with van der Waals surface area (Å²) in [6, 6.07) is -0.117. The van der Waals surface area contributed by atoms with Gasteiger partial charge in [0.15, 0.2) is 0 Å². The highest BCUT2D eigenvalue weighted by Gasteiger charge is 2.43. The predicted molar refractivity (Wildman–Crippen MR) is 79.1 cm³/mol. The zero-order valence-electron chi connectivity index (χ0n) is 12.7. The summed E-state index contributed by atoms with van der Waals surface area (Å²) < 4.78 is 5.33. The molecule has 0 radical (unpaired) electrons. The average molecular weight is 269 g/mol. The summed E-state index contributed by atoms with van der Waals surface area (Å²) in [5, 5.41) is 0. The third-order valence-corrected chi connectivity index (χ3v) is 4.41. The second-order valence-corrected chi connectivity index (χ2v) is 6.19. The van der Waals surface area contributed by atoms with E-state index in [1.54, 1.807) is 0 Å². The monoisotopic (exact) mass is 269 g/mol. The van der Waals surface area contributed by atoms with Gasteiger partial charge in [0.25, 0.3) is 0 Å². The lowest BCUT2D eigenvalue weighted by molar-refractivity contribution is -0.128. The third-order valence-electron chi connectivity index (χ3n) is 4.41. The van der Waals surface area contributed by atoms with Crippen LogP contribution >= 0.6 is 0 Å². The first-order chi connectivity index (χ1) is 9.11. The van der Waals surface area contributed by atoms with Gasteiger partial charge in [0.2, 0.25) is 0 Å². The Balaban J connectivity index is 2.04. The quantitative estimate of drug-likeness (QED) is 0.618. The Morgan fingerprint density at radius 2 is 1.74 bits per heavy atom. The molecule has 2 N–H and O–H groups in total. The van der Waals surface area contributed by atoms with Crippen LogP contribution in [0.4, 0.5) is 0 Å². The van der Waals surface area contributed by atoms with Crippen LogP contribution in [0.25, 0.3) is 0 Å². The summed E-state index contributed by atoms with van der Waals surface area (Å²) >= 11 is 0. The van der Waals surface area contributed by atoms with Crippen LogP contribution in [0.2, 0.25) is 0 Å². The Morgan fingerprint density at radius 1 is 1.16 bits per heavy atom. The highest BCUT2D eigenvalue weighted by molar-refractivity contribution is 5.85. The normalized spacial score (nSPS) is 26.8. The van der Waals surface area contributed by atoms with Gasteiger partial charge in [0.1, 0.15) is 5.78 Å². The molecular formula is C16H31NO2. The molecule has 1 aliphatic rings. The number of carbonyl (C=O) groups excluding carboxylic acids is 1. The van der Waals surface area contributed by atoms with Gasteiger partial charge < -0.3 is 10.5 Å². The third kappa shape index (κ3) is 5.23. The smallest absolute Gasteiger partial charge is 0.142 e. The molecule has 2 unspecified atom stereocenters. The minimum absolute atomic E-state index is 0.117. The fourth-order valence-electron chi connectivity index (χ4n) is 2.68. The molecule has 2 atom stereocenters. The fourth-order valence-corrected chi connectivity index (χ4v) is 2.68. The van der Waals surface area contributed by atoms with Gasteiger partial charge in [-0.3, -0.25) is 4.79 Å². The van der Waals surface area contributed by atoms with E-state index in [0.717, 1.165) is 6.42 Å². The number of ether oxygens (including phenoxy) is 1. The lowest BCUT2D eigenvalue weighted by Crippen LogP contribution is -2.44. The Morgan fingerprint density at radius 3 is 2.26 bits per heavy atom. The largest absolute Gasteiger partial charge is 0.379 e. The van der Waals surface area contributed by atoms with Crippen molar-refractivity contribution in [3.8, 4) is 0 Å². The molecule has 1 saturated heterocycles. The molecule has 0 aromatic carbocycles. The first-order valence-electron chi connectivity index (χ1n) is 7.98. The van der Waals surface area contributed by atoms with Crippen molar-refractivity contribution in [1.29, 1.82) is 0 Å². The molecule has 3 nitrogen and oxygen atoms in total. The molecule has 112 valence electrons. The van der Waals surface area contributed by atoms with Gasteiger partial charge in [-0.05, 0) is 13.3 Å². The number of ketones is 1. The van der Waals surface area contributed by atoms with Crippen LogP contribution in [0, 0.1) is 5.41 Å². The van der Waals surface area contributed by atoms with Crippen LogP contribution in [0.5, 0.6) is 0 Å². The Bertz CT molecular complexity index is 267. The SMILES string of the molecule is CCCCCCCCCCC(=O)C1(C)COCC1N. The maximum Gasteiger partial charge on any atom is 0.142 e. The lowest BCUT2D eigenvalue weighted by atomic mass is 9.79. The van der Waals surface area contributed by atoms with Crippen molar-refractivity contribution in [1.82, 2.24) is 0 Å². The van der Waals surface area contributed by atoms with E-state index in [1.807, 2.05) is 6.92 Å². The van der Waals surface area contributed by atoms with Crippen LogP contribution < -0.4 is 5.73 Å². The average Bonchev–Trinajstić information content (AvgIpc) is 2.74. The lowest BCUT2D eigenvalue weighted by Gasteiger charge is -2.25. The van der Waals surface area contributed by atoms with Crippen molar-refractivity contribution < 1.29 is 9.53 Å². The summed E-state index contributed by atoms with van der Waals surface area (Å²) in [5.41, 5.74) is 5.54. The number of Topliss-reactive ketones (excluding diaryl/α,β-unsaturated/α-hetero) is 1. The summed E-state index contributed by atoms with van der Waals surface area (Å²) in [5.74, 6) is 0.295. The van der Waals surface area contributed by atoms with Crippen LogP contribution in [0.15, 0.2) is 0 Å². The van der Waals surface area contributed by atoms with Crippen LogP contribution in [-0.4, -0.2) is 25.0 Å². The maximum absolute atomic E-state index is 12.2. The summed E-state index contributed by atoms with van der Waals surface area (Å²) in [7, 11) is 0. The summed E-state index contributed by atoms with van der Waals surface area (Å²) in [4.78, 5) is 12.2. The highest BCUT2D eigenvalue weighted by atomic mass is 16.5. The van der Waals surface area contributed by atoms with Crippen molar-refractivity contribution in [2.75, 3.05) is 13.2 Å². The van der Waals surface area contributed by atoms with Gasteiger partial charge in [0.05, 0.1) is 18.6 Å². The van der Waals surface area contributed by atoms with E-state index in [2.05, 4.69) is 6.92 Å². The Kier molecular flexibility index (Phi) is 7.62. The van der Waals surface area contributed by atoms with Crippen molar-refractivity contribution >= 4 is 5.78 Å². The van der Waals surface area contributed by atoms with E-state index in [9.17, 15) is 4.79 Å². The van der Waals surface area contributed by atoms with Crippen molar-refractivity contribution in [2.45, 2.75) is 77.7 Å². The van der Waals surface area contributed by atoms with Gasteiger partial charge >= 0.3 is 0 Å². The van der Waals surface area contributed by atoms with E-state index in [-0.39, 0.29) is 6.04 Å². The molecule has 0 aromatic rings. The van der Waals surface area contributed by atoms with Crippen LogP contribution in [0.3, 0.4) is 0 Å². The first-order valence-corrected chi connectivity index (χ1v) is 7.98. The van der Waals surface area contributed by atoms with Gasteiger partial charge in [-0.1, -0.05) is 51.9 Å². The van der Waals surface area contributed by atoms with Gasteiger partial charge in [-0.15, -0.1) is 0 Å². The number of carbonyl (C=O) groups is 1. The van der Waals surface area contributed by atoms with Crippen molar-refractivity contribution in [3.63, 3.8) is 0 Å². The van der Waals surface area contributed by atoms with Gasteiger partial charge in [-0.25, -0.2) is 0 Å². The summed E-state index contributed by atoms with van der Waals surface area (Å²) in [6.45, 7) is 5.23. The molecule has 0 bridgehead atoms. The van der Waals surface area contributed by atoms with E-state index in [4.69, 9.17) is 10.5 Å². The molecule has 19 heavy (non-hydrogen) atoms. The van der Waals surface area contributed by atoms with Crippen LogP contribution in [0.1, 0.15) is 71.6 Å². The molecule has 3 heteroatoms. The molecule has 1 fully saturated rings. The first kappa shape index (κ1) is 16.6. The minimum atomic E-state index is -0.429. The fraction of sp³-hybridized carbons (Fsp3) is 0.938. The van der Waals surface area contributed by atoms with Crippen molar-refractivity contribution in [3.05, 3.63) is 0 Å². The van der Waals surface area contributed by atoms with Crippen molar-refractivity contribution in [2.24, 2.45) is 11.1 Å². The second kappa shape index (κ2) is 8.70. The zero-order chi connectivity index (χ0) is 14.1. The number of hydrogen-bond acceptors (Lipinski definition) is 3. The molecule has 0 amide bonds. The van der Waals surface area contributed by atoms with E-state index in [0.29, 0.717) is 25.4 Å². The number of unbranched alkanes of at least 4 members (excludes halogenated alkanes) is 7. The van der Waals surface area contributed by atoms with Gasteiger partial charge in [-0.2, -0.15) is 0 Å². The molecule has 0 aliphatic carbocycles. The molecule has 1 aliphatic heterocycles. The highest BCUT2D eigenvalue weighted by Crippen LogP contribution is 2.30. The molecule has 1 heterocycles. The predicted octanol–water partition coefficient (Wildman–Crippen LogP) is 3.45. The molecule has 0 spiro atoms. The van der Waals surface area contributed by atoms with Crippen LogP contribution in [-0.2, 0) is 9.53 Å². The number of rotatable bonds is 10. The van der Waals surface area contributed by atoms with E-state index < -0.39 is 5.41 Å². The molecular weight excluding hydrogens is 238 g/mol. The topological polar surface area (TPSA) is 52.3 Å². The summed E-state index contributed by atoms with van der Waals surface area (Å²) in [6.07, 6.45) is 10.8. The van der Waals surface area contributed by atoms with E-state index >= 15 is 0 Å². The van der Waals surface area contributed by atoms with E-state index in [1.165, 1.54) is 44.9 Å². The second-order valence-electron chi connectivity index (χ2n) is 6.19. The number of hydrogen-bond donors (Lipinski definition) is 1. The minimum Gasteiger partial charge on any atom is -0.379 e. The Labute approximate surface area is 118 Å². The Hall–Kier alpha value is -0.410. The zero-order valence-corrected chi connectivity index (χ0v) is 12.7.